The van der Waals surface area contributed by atoms with Gasteiger partial charge in [0.25, 0.3) is 0 Å². The lowest BCUT2D eigenvalue weighted by molar-refractivity contribution is -0.494. The van der Waals surface area contributed by atoms with Crippen molar-refractivity contribution in [3.05, 3.63) is 0 Å². The fourth-order valence-corrected chi connectivity index (χ4v) is 2.97. The van der Waals surface area contributed by atoms with Gasteiger partial charge in [-0.05, 0) is 31.1 Å². The Bertz CT molecular complexity index is 307. The SMILES string of the molecule is CC(C)(C)C1CCC2(CC1)OOC[C@](C)(CI)OO2. The summed E-state index contributed by atoms with van der Waals surface area (Å²) in [4.78, 5) is 22.1. The molecule has 0 amide bonds. The maximum Gasteiger partial charge on any atom is 0.234 e. The minimum absolute atomic E-state index is 0.338. The van der Waals surface area contributed by atoms with Gasteiger partial charge in [-0.15, -0.1) is 0 Å². The Morgan fingerprint density at radius 3 is 2.26 bits per heavy atom. The van der Waals surface area contributed by atoms with E-state index in [4.69, 9.17) is 19.6 Å². The Morgan fingerprint density at radius 2 is 1.74 bits per heavy atom. The molecule has 0 aromatic heterocycles. The zero-order chi connectivity index (χ0) is 14.1. The van der Waals surface area contributed by atoms with Crippen LogP contribution in [0.5, 0.6) is 0 Å². The molecule has 1 spiro atoms. The maximum atomic E-state index is 5.65. The minimum atomic E-state index is -0.703. The molecule has 0 aromatic rings. The molecule has 0 aromatic carbocycles. The molecule has 1 saturated heterocycles. The molecule has 112 valence electrons. The van der Waals surface area contributed by atoms with Crippen LogP contribution in [0.3, 0.4) is 0 Å². The number of hydrogen-bond donors (Lipinski definition) is 0. The van der Waals surface area contributed by atoms with Crippen LogP contribution in [0.25, 0.3) is 0 Å². The number of hydrogen-bond acceptors (Lipinski definition) is 4. The summed E-state index contributed by atoms with van der Waals surface area (Å²) in [5, 5.41) is 0. The predicted molar refractivity (Wildman–Crippen MR) is 80.6 cm³/mol. The molecule has 0 N–H and O–H groups in total. The monoisotopic (exact) mass is 384 g/mol. The van der Waals surface area contributed by atoms with Gasteiger partial charge in [0.15, 0.2) is 0 Å². The van der Waals surface area contributed by atoms with Crippen LogP contribution in [-0.2, 0) is 19.6 Å². The van der Waals surface area contributed by atoms with E-state index in [1.165, 1.54) is 0 Å². The first-order valence-corrected chi connectivity index (χ1v) is 8.55. The lowest BCUT2D eigenvalue weighted by Crippen LogP contribution is -2.42. The summed E-state index contributed by atoms with van der Waals surface area (Å²) >= 11 is 2.27. The standard InChI is InChI=1S/C14H25IO4/c1-12(2,3)11-5-7-14(8-6-11)18-16-10-13(4,9-15)17-19-14/h11H,5-10H2,1-4H3/t11?,13-,14?/m0/s1. The van der Waals surface area contributed by atoms with E-state index < -0.39 is 11.4 Å². The quantitative estimate of drug-likeness (QED) is 0.389. The summed E-state index contributed by atoms with van der Waals surface area (Å²) in [5.74, 6) is -0.00441. The largest absolute Gasteiger partial charge is 0.234 e. The Kier molecular flexibility index (Phi) is 4.83. The second kappa shape index (κ2) is 5.75. The van der Waals surface area contributed by atoms with Crippen molar-refractivity contribution in [1.29, 1.82) is 0 Å². The summed E-state index contributed by atoms with van der Waals surface area (Å²) in [6, 6.07) is 0. The molecule has 0 unspecified atom stereocenters. The van der Waals surface area contributed by atoms with Crippen molar-refractivity contribution >= 4 is 22.6 Å². The normalized spacial score (nSPS) is 41.2. The second-order valence-electron chi connectivity index (χ2n) is 7.15. The van der Waals surface area contributed by atoms with Gasteiger partial charge < -0.3 is 0 Å². The van der Waals surface area contributed by atoms with Gasteiger partial charge in [-0.25, -0.2) is 9.78 Å². The molecule has 1 aliphatic carbocycles. The van der Waals surface area contributed by atoms with Crippen LogP contribution in [0.1, 0.15) is 53.4 Å². The fraction of sp³-hybridized carbons (Fsp3) is 1.00. The molecule has 0 bridgehead atoms. The molecule has 2 fully saturated rings. The first-order chi connectivity index (χ1) is 8.79. The van der Waals surface area contributed by atoms with E-state index in [9.17, 15) is 0 Å². The molecule has 2 aliphatic rings. The smallest absolute Gasteiger partial charge is 0.230 e. The van der Waals surface area contributed by atoms with E-state index in [0.717, 1.165) is 30.1 Å². The molecule has 1 saturated carbocycles. The third kappa shape index (κ3) is 3.81. The predicted octanol–water partition coefficient (Wildman–Crippen LogP) is 4.02. The van der Waals surface area contributed by atoms with Crippen LogP contribution >= 0.6 is 22.6 Å². The van der Waals surface area contributed by atoms with E-state index in [1.807, 2.05) is 6.92 Å². The Balaban J connectivity index is 1.96. The van der Waals surface area contributed by atoms with Crippen LogP contribution in [-0.4, -0.2) is 22.4 Å². The number of rotatable bonds is 1. The Morgan fingerprint density at radius 1 is 1.11 bits per heavy atom. The number of halogens is 1. The molecular formula is C14H25IO4. The van der Waals surface area contributed by atoms with E-state index in [1.54, 1.807) is 0 Å². The molecule has 1 heterocycles. The highest BCUT2D eigenvalue weighted by molar-refractivity contribution is 14.1. The first-order valence-electron chi connectivity index (χ1n) is 7.02. The fourth-order valence-electron chi connectivity index (χ4n) is 2.63. The van der Waals surface area contributed by atoms with Crippen LogP contribution < -0.4 is 0 Å². The van der Waals surface area contributed by atoms with Gasteiger partial charge in [0.05, 0.1) is 0 Å². The molecule has 2 rings (SSSR count). The maximum absolute atomic E-state index is 5.65. The second-order valence-corrected chi connectivity index (χ2v) is 7.91. The van der Waals surface area contributed by atoms with Crippen molar-refractivity contribution in [1.82, 2.24) is 0 Å². The third-order valence-corrected chi connectivity index (χ3v) is 5.84. The van der Waals surface area contributed by atoms with Crippen molar-refractivity contribution in [3.63, 3.8) is 0 Å². The summed E-state index contributed by atoms with van der Waals surface area (Å²) in [6.07, 6.45) is 3.81. The van der Waals surface area contributed by atoms with Gasteiger partial charge >= 0.3 is 0 Å². The summed E-state index contributed by atoms with van der Waals surface area (Å²) in [6.45, 7) is 9.27. The zero-order valence-corrected chi connectivity index (χ0v) is 14.5. The van der Waals surface area contributed by atoms with Gasteiger partial charge in [-0.2, -0.15) is 9.78 Å². The van der Waals surface area contributed by atoms with Gasteiger partial charge in [-0.3, -0.25) is 0 Å². The lowest BCUT2D eigenvalue weighted by atomic mass is 9.71. The first kappa shape index (κ1) is 15.9. The van der Waals surface area contributed by atoms with Crippen molar-refractivity contribution in [2.75, 3.05) is 11.0 Å². The lowest BCUT2D eigenvalue weighted by Gasteiger charge is -2.40. The van der Waals surface area contributed by atoms with Crippen molar-refractivity contribution in [3.8, 4) is 0 Å². The van der Waals surface area contributed by atoms with Crippen LogP contribution in [0.15, 0.2) is 0 Å². The Hall–Kier alpha value is 0.570. The summed E-state index contributed by atoms with van der Waals surface area (Å²) in [5.41, 5.74) is -0.0876. The molecule has 4 nitrogen and oxygen atoms in total. The average Bonchev–Trinajstić information content (AvgIpc) is 2.51. The van der Waals surface area contributed by atoms with Crippen molar-refractivity contribution < 1.29 is 19.6 Å². The van der Waals surface area contributed by atoms with E-state index in [2.05, 4.69) is 43.4 Å². The van der Waals surface area contributed by atoms with Crippen molar-refractivity contribution in [2.45, 2.75) is 64.8 Å². The Labute approximate surface area is 129 Å². The topological polar surface area (TPSA) is 36.9 Å². The molecular weight excluding hydrogens is 359 g/mol. The molecule has 1 atom stereocenters. The average molecular weight is 384 g/mol. The van der Waals surface area contributed by atoms with Crippen LogP contribution in [0.2, 0.25) is 0 Å². The highest BCUT2D eigenvalue weighted by Crippen LogP contribution is 2.44. The number of alkyl halides is 1. The summed E-state index contributed by atoms with van der Waals surface area (Å²) in [7, 11) is 0. The molecule has 1 aliphatic heterocycles. The van der Waals surface area contributed by atoms with E-state index in [-0.39, 0.29) is 0 Å². The van der Waals surface area contributed by atoms with Crippen LogP contribution in [0, 0.1) is 11.3 Å². The van der Waals surface area contributed by atoms with E-state index >= 15 is 0 Å². The third-order valence-electron chi connectivity index (χ3n) is 4.22. The minimum Gasteiger partial charge on any atom is -0.230 e. The summed E-state index contributed by atoms with van der Waals surface area (Å²) < 4.78 is 0.800. The highest BCUT2D eigenvalue weighted by atomic mass is 127. The van der Waals surface area contributed by atoms with E-state index in [0.29, 0.717) is 17.9 Å². The molecule has 19 heavy (non-hydrogen) atoms. The van der Waals surface area contributed by atoms with Gasteiger partial charge in [0, 0.05) is 17.3 Å². The molecule has 5 heteroatoms. The zero-order valence-electron chi connectivity index (χ0n) is 12.3. The van der Waals surface area contributed by atoms with Gasteiger partial charge in [0.2, 0.25) is 5.79 Å². The molecule has 0 radical (unpaired) electrons. The van der Waals surface area contributed by atoms with Crippen LogP contribution in [0.4, 0.5) is 0 Å². The van der Waals surface area contributed by atoms with Gasteiger partial charge in [0.1, 0.15) is 12.2 Å². The highest BCUT2D eigenvalue weighted by Gasteiger charge is 2.46. The van der Waals surface area contributed by atoms with Gasteiger partial charge in [-0.1, -0.05) is 43.4 Å². The van der Waals surface area contributed by atoms with Crippen molar-refractivity contribution in [2.24, 2.45) is 11.3 Å².